The Balaban J connectivity index is 1.30. The molecular formula is C29H25FN6O2. The first kappa shape index (κ1) is 24.8. The van der Waals surface area contributed by atoms with E-state index >= 15 is 0 Å². The van der Waals surface area contributed by atoms with Crippen LogP contribution >= 0.6 is 0 Å². The molecule has 1 aliphatic carbocycles. The summed E-state index contributed by atoms with van der Waals surface area (Å²) < 4.78 is 16.0. The van der Waals surface area contributed by atoms with Crippen molar-refractivity contribution in [2.45, 2.75) is 30.7 Å². The molecule has 38 heavy (non-hydrogen) atoms. The number of hydrogen-bond acceptors (Lipinski definition) is 5. The maximum Gasteiger partial charge on any atom is 0.242 e. The number of carbonyl (C=O) groups is 2. The zero-order chi connectivity index (χ0) is 26.7. The maximum absolute atomic E-state index is 14.4. The fourth-order valence-corrected chi connectivity index (χ4v) is 4.54. The molecule has 8 nitrogen and oxygen atoms in total. The molecule has 1 fully saturated rings. The normalized spacial score (nSPS) is 14.2. The van der Waals surface area contributed by atoms with Gasteiger partial charge in [-0.3, -0.25) is 9.59 Å². The molecule has 1 aromatic heterocycles. The average molecular weight is 509 g/mol. The molecule has 2 N–H and O–H groups in total. The third-order valence-corrected chi connectivity index (χ3v) is 6.88. The van der Waals surface area contributed by atoms with E-state index in [1.807, 2.05) is 36.4 Å². The topological polar surface area (TPSA) is 113 Å². The third kappa shape index (κ3) is 4.89. The van der Waals surface area contributed by atoms with E-state index in [2.05, 4.69) is 27.0 Å². The fourth-order valence-electron chi connectivity index (χ4n) is 4.54. The highest BCUT2D eigenvalue weighted by Gasteiger charge is 2.53. The van der Waals surface area contributed by atoms with Crippen LogP contribution in [0.15, 0.2) is 79.0 Å². The van der Waals surface area contributed by atoms with Gasteiger partial charge in [-0.2, -0.15) is 5.26 Å². The summed E-state index contributed by atoms with van der Waals surface area (Å²) in [6, 6.07) is 22.5. The number of rotatable bonds is 8. The van der Waals surface area contributed by atoms with E-state index in [1.165, 1.54) is 13.1 Å². The highest BCUT2D eigenvalue weighted by Crippen LogP contribution is 2.49. The van der Waals surface area contributed by atoms with Gasteiger partial charge in [0, 0.05) is 19.0 Å². The van der Waals surface area contributed by atoms with Crippen molar-refractivity contribution >= 4 is 11.8 Å². The molecular weight excluding hydrogens is 483 g/mol. The van der Waals surface area contributed by atoms with Gasteiger partial charge >= 0.3 is 0 Å². The Labute approximate surface area is 219 Å². The second-order valence-electron chi connectivity index (χ2n) is 9.30. The van der Waals surface area contributed by atoms with Crippen molar-refractivity contribution in [3.8, 4) is 22.9 Å². The molecule has 2 amide bonds. The second kappa shape index (κ2) is 10.3. The largest absolute Gasteiger partial charge is 0.357 e. The van der Waals surface area contributed by atoms with Crippen LogP contribution in [0.4, 0.5) is 4.39 Å². The van der Waals surface area contributed by atoms with Gasteiger partial charge in [-0.15, -0.1) is 5.10 Å². The van der Waals surface area contributed by atoms with E-state index < -0.39 is 17.3 Å². The van der Waals surface area contributed by atoms with Crippen molar-refractivity contribution in [3.63, 3.8) is 0 Å². The van der Waals surface area contributed by atoms with Crippen molar-refractivity contribution < 1.29 is 14.0 Å². The third-order valence-electron chi connectivity index (χ3n) is 6.88. The number of carbonyl (C=O) groups excluding carboxylic acids is 2. The Morgan fingerprint density at radius 2 is 1.71 bits per heavy atom. The lowest BCUT2D eigenvalue weighted by molar-refractivity contribution is -0.130. The van der Waals surface area contributed by atoms with Crippen molar-refractivity contribution in [3.05, 3.63) is 102 Å². The van der Waals surface area contributed by atoms with Crippen LogP contribution in [0.2, 0.25) is 0 Å². The van der Waals surface area contributed by atoms with Crippen LogP contribution in [-0.2, 0) is 21.4 Å². The summed E-state index contributed by atoms with van der Waals surface area (Å²) in [6.45, 7) is 0. The van der Waals surface area contributed by atoms with Crippen LogP contribution in [0, 0.1) is 17.1 Å². The Morgan fingerprint density at radius 3 is 2.32 bits per heavy atom. The number of nitrogens with one attached hydrogen (secondary N) is 2. The van der Waals surface area contributed by atoms with Gasteiger partial charge < -0.3 is 10.6 Å². The SMILES string of the molecule is CNC(=O)C(Cc1cn(-c2ccc(-c3ccc(C#N)cc3)cc2)nn1)NC(=O)C1(c2ccccc2F)CC1. The molecule has 3 aromatic carbocycles. The summed E-state index contributed by atoms with van der Waals surface area (Å²) >= 11 is 0. The molecule has 1 atom stereocenters. The number of benzene rings is 3. The van der Waals surface area contributed by atoms with E-state index in [0.29, 0.717) is 29.7 Å². The molecule has 190 valence electrons. The van der Waals surface area contributed by atoms with E-state index in [0.717, 1.165) is 16.8 Å². The van der Waals surface area contributed by atoms with E-state index in [4.69, 9.17) is 5.26 Å². The lowest BCUT2D eigenvalue weighted by Crippen LogP contribution is -2.50. The van der Waals surface area contributed by atoms with Gasteiger partial charge in [-0.1, -0.05) is 47.7 Å². The quantitative estimate of drug-likeness (QED) is 0.379. The molecule has 1 saturated carbocycles. The van der Waals surface area contributed by atoms with E-state index in [1.54, 1.807) is 41.2 Å². The smallest absolute Gasteiger partial charge is 0.242 e. The molecule has 1 aliphatic rings. The van der Waals surface area contributed by atoms with Gasteiger partial charge in [0.15, 0.2) is 0 Å². The first-order chi connectivity index (χ1) is 18.4. The zero-order valence-electron chi connectivity index (χ0n) is 20.7. The van der Waals surface area contributed by atoms with Gasteiger partial charge in [0.2, 0.25) is 11.8 Å². The van der Waals surface area contributed by atoms with Crippen LogP contribution in [0.1, 0.15) is 29.7 Å². The number of hydrogen-bond donors (Lipinski definition) is 2. The van der Waals surface area contributed by atoms with Crippen molar-refractivity contribution in [1.82, 2.24) is 25.6 Å². The van der Waals surface area contributed by atoms with Crippen LogP contribution in [-0.4, -0.2) is 39.9 Å². The molecule has 9 heteroatoms. The molecule has 1 heterocycles. The maximum atomic E-state index is 14.4. The first-order valence-electron chi connectivity index (χ1n) is 12.2. The summed E-state index contributed by atoms with van der Waals surface area (Å²) in [5, 5.41) is 22.8. The minimum absolute atomic E-state index is 0.127. The molecule has 0 aliphatic heterocycles. The second-order valence-corrected chi connectivity index (χ2v) is 9.30. The van der Waals surface area contributed by atoms with Gasteiger partial charge in [-0.05, 0) is 54.3 Å². The molecule has 0 bridgehead atoms. The number of halogens is 1. The van der Waals surface area contributed by atoms with Gasteiger partial charge in [0.25, 0.3) is 0 Å². The number of likely N-dealkylation sites (N-methyl/N-ethyl adjacent to an activating group) is 1. The van der Waals surface area contributed by atoms with Crippen molar-refractivity contribution in [2.75, 3.05) is 7.05 Å². The highest BCUT2D eigenvalue weighted by atomic mass is 19.1. The highest BCUT2D eigenvalue weighted by molar-refractivity contribution is 5.95. The fraction of sp³-hybridized carbons (Fsp3) is 0.207. The van der Waals surface area contributed by atoms with Gasteiger partial charge in [-0.25, -0.2) is 9.07 Å². The van der Waals surface area contributed by atoms with Crippen LogP contribution in [0.25, 0.3) is 16.8 Å². The van der Waals surface area contributed by atoms with Crippen LogP contribution in [0.5, 0.6) is 0 Å². The molecule has 5 rings (SSSR count). The molecule has 0 radical (unpaired) electrons. The zero-order valence-corrected chi connectivity index (χ0v) is 20.7. The number of aromatic nitrogens is 3. The standard InChI is InChI=1S/C29H25FN6O2/c1-32-27(37)26(33-28(38)29(14-15-29)24-4-2-3-5-25(24)30)16-22-18-36(35-34-22)23-12-10-21(11-13-23)20-8-6-19(17-31)7-9-20/h2-13,18,26H,14-16H2,1H3,(H,32,37)(H,33,38). The molecule has 4 aromatic rings. The molecule has 0 spiro atoms. The minimum Gasteiger partial charge on any atom is -0.357 e. The lowest BCUT2D eigenvalue weighted by Gasteiger charge is -2.21. The predicted octanol–water partition coefficient (Wildman–Crippen LogP) is 3.45. The van der Waals surface area contributed by atoms with Crippen molar-refractivity contribution in [2.24, 2.45) is 0 Å². The van der Waals surface area contributed by atoms with Crippen LogP contribution < -0.4 is 10.6 Å². The number of nitrogens with zero attached hydrogens (tertiary/aromatic N) is 4. The Kier molecular flexibility index (Phi) is 6.71. The Hall–Kier alpha value is -4.84. The van der Waals surface area contributed by atoms with Gasteiger partial charge in [0.1, 0.15) is 11.9 Å². The monoisotopic (exact) mass is 508 g/mol. The Morgan fingerprint density at radius 1 is 1.05 bits per heavy atom. The number of nitriles is 1. The molecule has 1 unspecified atom stereocenters. The summed E-state index contributed by atoms with van der Waals surface area (Å²) in [6.07, 6.45) is 2.88. The van der Waals surface area contributed by atoms with Crippen LogP contribution in [0.3, 0.4) is 0 Å². The summed E-state index contributed by atoms with van der Waals surface area (Å²) in [5.41, 5.74) is 3.28. The number of amides is 2. The molecule has 0 saturated heterocycles. The average Bonchev–Trinajstić information content (AvgIpc) is 3.64. The van der Waals surface area contributed by atoms with Gasteiger partial charge in [0.05, 0.1) is 34.6 Å². The lowest BCUT2D eigenvalue weighted by atomic mass is 9.93. The summed E-state index contributed by atoms with van der Waals surface area (Å²) in [7, 11) is 1.50. The summed E-state index contributed by atoms with van der Waals surface area (Å²) in [4.78, 5) is 25.8. The van der Waals surface area contributed by atoms with E-state index in [9.17, 15) is 14.0 Å². The first-order valence-corrected chi connectivity index (χ1v) is 12.2. The Bertz CT molecular complexity index is 1520. The van der Waals surface area contributed by atoms with E-state index in [-0.39, 0.29) is 18.2 Å². The summed E-state index contributed by atoms with van der Waals surface area (Å²) in [5.74, 6) is -1.17. The minimum atomic E-state index is -0.952. The predicted molar refractivity (Wildman–Crippen MR) is 139 cm³/mol. The van der Waals surface area contributed by atoms with Crippen molar-refractivity contribution in [1.29, 1.82) is 5.26 Å².